The molecule has 0 saturated heterocycles. The zero-order valence-electron chi connectivity index (χ0n) is 14.6. The Morgan fingerprint density at radius 2 is 2.27 bits per heavy atom. The molecule has 0 bridgehead atoms. The number of amides is 1. The Balaban J connectivity index is 1.75. The van der Waals surface area contributed by atoms with Crippen LogP contribution >= 0.6 is 34.9 Å². The summed E-state index contributed by atoms with van der Waals surface area (Å²) >= 11 is 4.13. The number of ether oxygens (including phenoxy) is 1. The molecule has 3 heterocycles. The van der Waals surface area contributed by atoms with Crippen LogP contribution in [0.1, 0.15) is 17.6 Å². The number of rotatable bonds is 7. The Bertz CT molecular complexity index is 867. The molecule has 3 rings (SSSR count). The van der Waals surface area contributed by atoms with Gasteiger partial charge in [0.15, 0.2) is 5.16 Å². The number of nitrogens with one attached hydrogen (secondary N) is 1. The summed E-state index contributed by atoms with van der Waals surface area (Å²) in [6.07, 6.45) is 0.768. The van der Waals surface area contributed by atoms with Crippen molar-refractivity contribution in [3.8, 4) is 0 Å². The highest BCUT2D eigenvalue weighted by Gasteiger charge is 2.26. The van der Waals surface area contributed by atoms with Crippen LogP contribution in [0.3, 0.4) is 0 Å². The van der Waals surface area contributed by atoms with Crippen molar-refractivity contribution in [2.75, 3.05) is 24.8 Å². The van der Waals surface area contributed by atoms with E-state index in [4.69, 9.17) is 4.74 Å². The maximum absolute atomic E-state index is 12.8. The zero-order valence-corrected chi connectivity index (χ0v) is 17.1. The number of thioether (sulfide) groups is 2. The fourth-order valence-corrected chi connectivity index (χ4v) is 5.02. The highest BCUT2D eigenvalue weighted by Crippen LogP contribution is 2.34. The molecule has 0 unspecified atom stereocenters. The highest BCUT2D eigenvalue weighted by atomic mass is 32.2. The van der Waals surface area contributed by atoms with Gasteiger partial charge in [0, 0.05) is 18.8 Å². The van der Waals surface area contributed by atoms with Gasteiger partial charge in [-0.25, -0.2) is 4.98 Å². The van der Waals surface area contributed by atoms with Crippen LogP contribution in [0.2, 0.25) is 0 Å². The van der Waals surface area contributed by atoms with E-state index in [0.29, 0.717) is 33.6 Å². The lowest BCUT2D eigenvalue weighted by molar-refractivity contribution is -0.113. The lowest BCUT2D eigenvalue weighted by Crippen LogP contribution is -2.27. The molecule has 0 radical (unpaired) electrons. The van der Waals surface area contributed by atoms with Crippen molar-refractivity contribution in [2.24, 2.45) is 0 Å². The minimum Gasteiger partial charge on any atom is -0.383 e. The molecule has 1 aliphatic rings. The molecule has 2 aromatic rings. The van der Waals surface area contributed by atoms with Crippen molar-refractivity contribution < 1.29 is 9.53 Å². The molecule has 0 spiro atoms. The van der Waals surface area contributed by atoms with Crippen molar-refractivity contribution in [3.05, 3.63) is 21.1 Å². The van der Waals surface area contributed by atoms with Gasteiger partial charge >= 0.3 is 0 Å². The molecule has 140 valence electrons. The number of aryl methyl sites for hydroxylation is 1. The second-order valence-corrected chi connectivity index (χ2v) is 9.29. The normalized spacial score (nSPS) is 15.9. The average molecular weight is 414 g/mol. The van der Waals surface area contributed by atoms with E-state index in [-0.39, 0.29) is 17.2 Å². The Morgan fingerprint density at radius 1 is 1.46 bits per heavy atom. The molecule has 8 nitrogen and oxygen atoms in total. The van der Waals surface area contributed by atoms with E-state index in [1.807, 2.05) is 6.92 Å². The third-order valence-electron chi connectivity index (χ3n) is 3.59. The van der Waals surface area contributed by atoms with Crippen molar-refractivity contribution in [1.82, 2.24) is 19.7 Å². The molecular weight excluding hydrogens is 394 g/mol. The smallest absolute Gasteiger partial charge is 0.268 e. The Morgan fingerprint density at radius 3 is 2.96 bits per heavy atom. The number of carbonyl (C=O) groups is 1. The molecule has 1 amide bonds. The van der Waals surface area contributed by atoms with Crippen LogP contribution in [0.4, 0.5) is 5.13 Å². The number of hydrogen-bond acceptors (Lipinski definition) is 9. The topological polar surface area (TPSA) is 99.0 Å². The van der Waals surface area contributed by atoms with Crippen LogP contribution in [-0.2, 0) is 22.5 Å². The zero-order chi connectivity index (χ0) is 18.7. The van der Waals surface area contributed by atoms with Gasteiger partial charge in [-0.15, -0.1) is 22.0 Å². The first-order valence-electron chi connectivity index (χ1n) is 8.00. The molecule has 0 aromatic carbocycles. The summed E-state index contributed by atoms with van der Waals surface area (Å²) in [5.41, 5.74) is 0.771. The number of nitrogens with zero attached hydrogens (tertiary/aromatic N) is 4. The maximum atomic E-state index is 12.8. The number of hydrogen-bond donors (Lipinski definition) is 1. The lowest BCUT2D eigenvalue weighted by Gasteiger charge is -2.13. The van der Waals surface area contributed by atoms with Gasteiger partial charge in [0.05, 0.1) is 29.5 Å². The summed E-state index contributed by atoms with van der Waals surface area (Å²) in [5.74, 6) is -0.0681. The van der Waals surface area contributed by atoms with Crippen molar-refractivity contribution in [2.45, 2.75) is 42.1 Å². The Hall–Kier alpha value is -1.43. The van der Waals surface area contributed by atoms with E-state index < -0.39 is 0 Å². The van der Waals surface area contributed by atoms with Gasteiger partial charge in [0.2, 0.25) is 11.0 Å². The van der Waals surface area contributed by atoms with Gasteiger partial charge in [-0.05, 0) is 6.92 Å². The molecule has 11 heteroatoms. The maximum Gasteiger partial charge on any atom is 0.268 e. The molecule has 26 heavy (non-hydrogen) atoms. The summed E-state index contributed by atoms with van der Waals surface area (Å²) in [5, 5.41) is 12.6. The minimum atomic E-state index is -0.207. The Labute approximate surface area is 163 Å². The predicted octanol–water partition coefficient (Wildman–Crippen LogP) is 1.82. The molecule has 2 aromatic heterocycles. The number of fused-ring (bicyclic) bond motifs is 1. The number of aromatic nitrogens is 4. The molecule has 0 saturated carbocycles. The summed E-state index contributed by atoms with van der Waals surface area (Å²) < 4.78 is 6.70. The second-order valence-electron chi connectivity index (χ2n) is 5.72. The Kier molecular flexibility index (Phi) is 6.33. The first-order valence-corrected chi connectivity index (χ1v) is 10.7. The van der Waals surface area contributed by atoms with Crippen LogP contribution < -0.4 is 10.9 Å². The summed E-state index contributed by atoms with van der Waals surface area (Å²) in [4.78, 5) is 30.3. The van der Waals surface area contributed by atoms with Gasteiger partial charge in [-0.3, -0.25) is 19.5 Å². The highest BCUT2D eigenvalue weighted by molar-refractivity contribution is 8.00. The number of anilines is 1. The summed E-state index contributed by atoms with van der Waals surface area (Å²) in [7, 11) is 1.59. The van der Waals surface area contributed by atoms with Gasteiger partial charge in [0.1, 0.15) is 5.01 Å². The van der Waals surface area contributed by atoms with E-state index in [1.54, 1.807) is 23.4 Å². The molecule has 0 fully saturated rings. The molecule has 1 atom stereocenters. The number of methoxy groups -OCH3 is 1. The summed E-state index contributed by atoms with van der Waals surface area (Å²) in [6, 6.07) is 0. The third kappa shape index (κ3) is 4.45. The van der Waals surface area contributed by atoms with Crippen LogP contribution in [0, 0.1) is 6.92 Å². The standard InChI is InChI=1S/C15H19N5O3S3/c1-8-6-10-12(25-8)13(22)20(4-5-23-3)15(16-10)24-7-11(21)17-14-19-18-9(2)26-14/h8H,4-7H2,1-3H3,(H,17,19,21)/t8-/m1/s1. The van der Waals surface area contributed by atoms with Crippen LogP contribution in [0.15, 0.2) is 14.8 Å². The van der Waals surface area contributed by atoms with E-state index in [0.717, 1.165) is 17.1 Å². The van der Waals surface area contributed by atoms with Gasteiger partial charge in [-0.1, -0.05) is 30.0 Å². The van der Waals surface area contributed by atoms with E-state index >= 15 is 0 Å². The molecule has 1 aliphatic heterocycles. The number of carbonyl (C=O) groups excluding carboxylic acids is 1. The predicted molar refractivity (Wildman–Crippen MR) is 103 cm³/mol. The van der Waals surface area contributed by atoms with Gasteiger partial charge < -0.3 is 4.74 Å². The van der Waals surface area contributed by atoms with Crippen molar-refractivity contribution in [3.63, 3.8) is 0 Å². The largest absolute Gasteiger partial charge is 0.383 e. The monoisotopic (exact) mass is 413 g/mol. The second kappa shape index (κ2) is 8.51. The first kappa shape index (κ1) is 19.3. The fraction of sp³-hybridized carbons (Fsp3) is 0.533. The van der Waals surface area contributed by atoms with E-state index in [2.05, 4.69) is 27.4 Å². The van der Waals surface area contributed by atoms with Crippen LogP contribution in [0.5, 0.6) is 0 Å². The lowest BCUT2D eigenvalue weighted by atomic mass is 10.2. The van der Waals surface area contributed by atoms with Crippen LogP contribution in [-0.4, -0.2) is 50.4 Å². The van der Waals surface area contributed by atoms with Crippen molar-refractivity contribution in [1.29, 1.82) is 0 Å². The molecule has 1 N–H and O–H groups in total. The molecular formula is C15H19N5O3S3. The third-order valence-corrected chi connectivity index (χ3v) is 6.53. The van der Waals surface area contributed by atoms with Crippen LogP contribution in [0.25, 0.3) is 0 Å². The SMILES string of the molecule is COCCn1c(SCC(=O)Nc2nnc(C)s2)nc2c(c1=O)S[C@H](C)C2. The van der Waals surface area contributed by atoms with Crippen molar-refractivity contribution >= 4 is 45.9 Å². The first-order chi connectivity index (χ1) is 12.5. The fourth-order valence-electron chi connectivity index (χ4n) is 2.45. The quantitative estimate of drug-likeness (QED) is 0.542. The van der Waals surface area contributed by atoms with Gasteiger partial charge in [-0.2, -0.15) is 0 Å². The minimum absolute atomic E-state index is 0.0518. The molecule has 0 aliphatic carbocycles. The summed E-state index contributed by atoms with van der Waals surface area (Å²) in [6.45, 7) is 4.72. The van der Waals surface area contributed by atoms with E-state index in [9.17, 15) is 9.59 Å². The van der Waals surface area contributed by atoms with E-state index in [1.165, 1.54) is 23.1 Å². The average Bonchev–Trinajstić information content (AvgIpc) is 3.17. The van der Waals surface area contributed by atoms with Gasteiger partial charge in [0.25, 0.3) is 5.56 Å².